The van der Waals surface area contributed by atoms with E-state index in [9.17, 15) is 0 Å². The summed E-state index contributed by atoms with van der Waals surface area (Å²) in [6.07, 6.45) is 0. The average Bonchev–Trinajstić information content (AvgIpc) is 2.64. The lowest BCUT2D eigenvalue weighted by Crippen LogP contribution is -2.14. The van der Waals surface area contributed by atoms with Crippen molar-refractivity contribution in [1.29, 1.82) is 0 Å². The van der Waals surface area contributed by atoms with Gasteiger partial charge in [-0.05, 0) is 42.0 Å². The van der Waals surface area contributed by atoms with Gasteiger partial charge in [0.25, 0.3) is 0 Å². The molecule has 0 aliphatic carbocycles. The van der Waals surface area contributed by atoms with Gasteiger partial charge in [-0.3, -0.25) is 0 Å². The van der Waals surface area contributed by atoms with Crippen molar-refractivity contribution >= 4 is 58.8 Å². The molecule has 0 unspecified atom stereocenters. The Bertz CT molecular complexity index is 932. The topological polar surface area (TPSA) is 21.3 Å². The summed E-state index contributed by atoms with van der Waals surface area (Å²) in [7, 11) is 0. The number of benzene rings is 3. The van der Waals surface area contributed by atoms with Crippen LogP contribution in [0.15, 0.2) is 60.7 Å². The van der Waals surface area contributed by atoms with Crippen LogP contribution in [0.1, 0.15) is 16.7 Å². The zero-order valence-corrected chi connectivity index (χ0v) is 18.6. The standard InChI is InChI=1S/C21H17Cl4NO.ClH/c22-17-7-8-21(27-13-15-5-6-18(23)10-20(15)25)16(9-17)12-26-11-14-3-1-2-4-19(14)24;/h1-10,26H,11-13H2;1H. The maximum Gasteiger partial charge on any atom is 0.124 e. The van der Waals surface area contributed by atoms with E-state index in [4.69, 9.17) is 51.1 Å². The van der Waals surface area contributed by atoms with Gasteiger partial charge in [0.15, 0.2) is 0 Å². The van der Waals surface area contributed by atoms with Crippen molar-refractivity contribution in [3.63, 3.8) is 0 Å². The highest BCUT2D eigenvalue weighted by Crippen LogP contribution is 2.26. The summed E-state index contributed by atoms with van der Waals surface area (Å²) in [4.78, 5) is 0. The number of halogens is 5. The fraction of sp³-hybridized carbons (Fsp3) is 0.143. The summed E-state index contributed by atoms with van der Waals surface area (Å²) in [6, 6.07) is 18.7. The molecule has 0 radical (unpaired) electrons. The molecule has 0 saturated heterocycles. The number of rotatable bonds is 7. The number of hydrogen-bond acceptors (Lipinski definition) is 2. The van der Waals surface area contributed by atoms with Crippen LogP contribution in [-0.4, -0.2) is 0 Å². The van der Waals surface area contributed by atoms with Crippen LogP contribution in [0.2, 0.25) is 20.1 Å². The van der Waals surface area contributed by atoms with Gasteiger partial charge in [0, 0.05) is 44.3 Å². The summed E-state index contributed by atoms with van der Waals surface area (Å²) in [6.45, 7) is 1.58. The van der Waals surface area contributed by atoms with E-state index in [1.165, 1.54) is 0 Å². The fourth-order valence-corrected chi connectivity index (χ4v) is 3.46. The Kier molecular flexibility index (Phi) is 9.23. The van der Waals surface area contributed by atoms with Crippen LogP contribution >= 0.6 is 58.8 Å². The van der Waals surface area contributed by atoms with Gasteiger partial charge >= 0.3 is 0 Å². The van der Waals surface area contributed by atoms with Crippen molar-refractivity contribution in [2.24, 2.45) is 0 Å². The second-order valence-corrected chi connectivity index (χ2v) is 7.66. The van der Waals surface area contributed by atoms with Crippen molar-refractivity contribution in [2.75, 3.05) is 0 Å². The highest BCUT2D eigenvalue weighted by Gasteiger charge is 2.08. The maximum absolute atomic E-state index is 6.22. The quantitative estimate of drug-likeness (QED) is 0.378. The molecule has 0 bridgehead atoms. The molecule has 0 atom stereocenters. The Balaban J connectivity index is 0.00000280. The molecule has 0 fully saturated rings. The molecule has 7 heteroatoms. The molecule has 1 N–H and O–H groups in total. The average molecular weight is 478 g/mol. The number of nitrogens with one attached hydrogen (secondary N) is 1. The zero-order chi connectivity index (χ0) is 19.2. The van der Waals surface area contributed by atoms with E-state index in [-0.39, 0.29) is 12.4 Å². The largest absolute Gasteiger partial charge is 0.489 e. The van der Waals surface area contributed by atoms with Gasteiger partial charge in [0.2, 0.25) is 0 Å². The lowest BCUT2D eigenvalue weighted by Gasteiger charge is -2.14. The van der Waals surface area contributed by atoms with Crippen molar-refractivity contribution in [3.05, 3.63) is 97.4 Å². The molecular formula is C21H18Cl5NO. The first kappa shape index (κ1) is 23.2. The van der Waals surface area contributed by atoms with E-state index in [1.807, 2.05) is 42.5 Å². The van der Waals surface area contributed by atoms with Gasteiger partial charge in [-0.25, -0.2) is 0 Å². The predicted molar refractivity (Wildman–Crippen MR) is 121 cm³/mol. The van der Waals surface area contributed by atoms with Gasteiger partial charge in [-0.15, -0.1) is 12.4 Å². The molecule has 3 rings (SSSR count). The summed E-state index contributed by atoms with van der Waals surface area (Å²) in [5, 5.41) is 5.95. The predicted octanol–water partition coefficient (Wildman–Crippen LogP) is 7.59. The summed E-state index contributed by atoms with van der Waals surface area (Å²) >= 11 is 24.5. The lowest BCUT2D eigenvalue weighted by molar-refractivity contribution is 0.302. The molecule has 0 aromatic heterocycles. The first-order valence-corrected chi connectivity index (χ1v) is 9.83. The normalized spacial score (nSPS) is 10.4. The molecule has 0 heterocycles. The molecule has 0 amide bonds. The summed E-state index contributed by atoms with van der Waals surface area (Å²) in [5.41, 5.74) is 2.86. The first-order valence-electron chi connectivity index (χ1n) is 8.32. The molecule has 0 spiro atoms. The van der Waals surface area contributed by atoms with Crippen molar-refractivity contribution in [1.82, 2.24) is 5.32 Å². The summed E-state index contributed by atoms with van der Waals surface area (Å²) in [5.74, 6) is 0.747. The molecule has 0 aliphatic heterocycles. The lowest BCUT2D eigenvalue weighted by atomic mass is 10.1. The van der Waals surface area contributed by atoms with Crippen LogP contribution in [0.25, 0.3) is 0 Å². The van der Waals surface area contributed by atoms with Crippen LogP contribution in [0.4, 0.5) is 0 Å². The molecule has 28 heavy (non-hydrogen) atoms. The molecule has 0 saturated carbocycles. The van der Waals surface area contributed by atoms with Crippen LogP contribution in [0.5, 0.6) is 5.75 Å². The third kappa shape index (κ3) is 6.45. The van der Waals surface area contributed by atoms with E-state index in [2.05, 4.69) is 5.32 Å². The van der Waals surface area contributed by atoms with Gasteiger partial charge in [-0.2, -0.15) is 0 Å². The monoisotopic (exact) mass is 475 g/mol. The van der Waals surface area contributed by atoms with E-state index in [0.717, 1.165) is 27.5 Å². The number of hydrogen-bond donors (Lipinski definition) is 1. The van der Waals surface area contributed by atoms with Gasteiger partial charge in [0.1, 0.15) is 12.4 Å². The Morgan fingerprint density at radius 3 is 2.11 bits per heavy atom. The molecule has 3 aromatic carbocycles. The third-order valence-electron chi connectivity index (χ3n) is 4.01. The van der Waals surface area contributed by atoms with Crippen molar-refractivity contribution in [3.8, 4) is 5.75 Å². The van der Waals surface area contributed by atoms with E-state index < -0.39 is 0 Å². The molecule has 148 valence electrons. The Morgan fingerprint density at radius 1 is 0.679 bits per heavy atom. The minimum atomic E-state index is 0. The minimum absolute atomic E-state index is 0. The van der Waals surface area contributed by atoms with Gasteiger partial charge < -0.3 is 10.1 Å². The van der Waals surface area contributed by atoms with E-state index in [0.29, 0.717) is 34.8 Å². The molecule has 0 aliphatic rings. The zero-order valence-electron chi connectivity index (χ0n) is 14.7. The van der Waals surface area contributed by atoms with E-state index >= 15 is 0 Å². The van der Waals surface area contributed by atoms with Gasteiger partial charge in [-0.1, -0.05) is 70.7 Å². The Morgan fingerprint density at radius 2 is 1.36 bits per heavy atom. The van der Waals surface area contributed by atoms with Crippen molar-refractivity contribution in [2.45, 2.75) is 19.7 Å². The Hall–Kier alpha value is -1.13. The smallest absolute Gasteiger partial charge is 0.124 e. The van der Waals surface area contributed by atoms with Crippen LogP contribution < -0.4 is 10.1 Å². The SMILES string of the molecule is Cl.Clc1ccc(COc2ccc(Cl)cc2CNCc2ccccc2Cl)c(Cl)c1. The Labute approximate surface area is 191 Å². The highest BCUT2D eigenvalue weighted by atomic mass is 35.5. The fourth-order valence-electron chi connectivity index (χ4n) is 2.59. The minimum Gasteiger partial charge on any atom is -0.489 e. The second-order valence-electron chi connectivity index (χ2n) is 5.97. The van der Waals surface area contributed by atoms with Crippen LogP contribution in [0.3, 0.4) is 0 Å². The first-order chi connectivity index (χ1) is 13.0. The van der Waals surface area contributed by atoms with Crippen molar-refractivity contribution < 1.29 is 4.74 Å². The van der Waals surface area contributed by atoms with Gasteiger partial charge in [0.05, 0.1) is 0 Å². The maximum atomic E-state index is 6.22. The number of ether oxygens (including phenoxy) is 1. The third-order valence-corrected chi connectivity index (χ3v) is 5.20. The van der Waals surface area contributed by atoms with E-state index in [1.54, 1.807) is 18.2 Å². The highest BCUT2D eigenvalue weighted by molar-refractivity contribution is 6.35. The molecular weight excluding hydrogens is 460 g/mol. The summed E-state index contributed by atoms with van der Waals surface area (Å²) < 4.78 is 5.97. The van der Waals surface area contributed by atoms with Crippen LogP contribution in [0, 0.1) is 0 Å². The van der Waals surface area contributed by atoms with Crippen LogP contribution in [-0.2, 0) is 19.7 Å². The molecule has 2 nitrogen and oxygen atoms in total. The molecule has 3 aromatic rings. The second kappa shape index (κ2) is 11.2.